The molecule has 0 saturated heterocycles. The van der Waals surface area contributed by atoms with E-state index in [1.165, 1.54) is 0 Å². The van der Waals surface area contributed by atoms with Crippen molar-refractivity contribution < 1.29 is 9.90 Å². The van der Waals surface area contributed by atoms with Gasteiger partial charge >= 0.3 is 0 Å². The molecule has 0 aliphatic rings. The Hall–Kier alpha value is -1.43. The van der Waals surface area contributed by atoms with E-state index in [4.69, 9.17) is 10.9 Å². The molecule has 0 aliphatic heterocycles. The van der Waals surface area contributed by atoms with Gasteiger partial charge in [0.25, 0.3) is 5.91 Å². The van der Waals surface area contributed by atoms with Gasteiger partial charge in [0.1, 0.15) is 6.04 Å². The number of hydrogen-bond acceptors (Lipinski definition) is 4. The molecule has 0 fully saturated rings. The Labute approximate surface area is 94.8 Å². The normalized spacial score (nSPS) is 12.5. The van der Waals surface area contributed by atoms with E-state index in [1.54, 1.807) is 11.9 Å². The quantitative estimate of drug-likeness (QED) is 0.362. The van der Waals surface area contributed by atoms with Crippen LogP contribution in [0.15, 0.2) is 30.3 Å². The summed E-state index contributed by atoms with van der Waals surface area (Å²) in [6.07, 6.45) is 0. The Morgan fingerprint density at radius 1 is 1.50 bits per heavy atom. The fourth-order valence-corrected chi connectivity index (χ4v) is 1.61. The smallest absolute Gasteiger partial charge is 0.255 e. The summed E-state index contributed by atoms with van der Waals surface area (Å²) in [5.41, 5.74) is 2.99. The minimum atomic E-state index is -0.474. The topological polar surface area (TPSA) is 78.6 Å². The van der Waals surface area contributed by atoms with Gasteiger partial charge in [-0.3, -0.25) is 15.1 Å². The summed E-state index contributed by atoms with van der Waals surface area (Å²) in [7, 11) is 1.77. The number of carbonyl (C=O) groups excluding carboxylic acids is 1. The molecule has 0 saturated carbocycles. The predicted octanol–water partition coefficient (Wildman–Crippen LogP) is -0.358. The van der Waals surface area contributed by atoms with Gasteiger partial charge in [0, 0.05) is 6.54 Å². The summed E-state index contributed by atoms with van der Waals surface area (Å²) < 4.78 is 0. The van der Waals surface area contributed by atoms with E-state index in [0.717, 1.165) is 5.56 Å². The van der Waals surface area contributed by atoms with Gasteiger partial charge < -0.3 is 5.11 Å². The maximum Gasteiger partial charge on any atom is 0.255 e. The largest absolute Gasteiger partial charge is 0.395 e. The second-order valence-corrected chi connectivity index (χ2v) is 3.53. The predicted molar refractivity (Wildman–Crippen MR) is 61.2 cm³/mol. The first-order valence-electron chi connectivity index (χ1n) is 5.07. The number of nitrogens with two attached hydrogens (primary N) is 1. The van der Waals surface area contributed by atoms with Gasteiger partial charge in [-0.2, -0.15) is 0 Å². The molecule has 5 heteroatoms. The molecule has 0 aromatic heterocycles. The van der Waals surface area contributed by atoms with E-state index in [-0.39, 0.29) is 12.5 Å². The van der Waals surface area contributed by atoms with Crippen LogP contribution in [0.5, 0.6) is 0 Å². The summed E-state index contributed by atoms with van der Waals surface area (Å²) in [6, 6.07) is 8.84. The fraction of sp³-hybridized carbons (Fsp3) is 0.364. The molecule has 16 heavy (non-hydrogen) atoms. The van der Waals surface area contributed by atoms with Crippen molar-refractivity contribution in [3.05, 3.63) is 35.9 Å². The number of benzene rings is 1. The van der Waals surface area contributed by atoms with Crippen molar-refractivity contribution in [1.29, 1.82) is 0 Å². The summed E-state index contributed by atoms with van der Waals surface area (Å²) in [4.78, 5) is 13.4. The zero-order valence-corrected chi connectivity index (χ0v) is 9.26. The third-order valence-corrected chi connectivity index (χ3v) is 2.40. The highest BCUT2D eigenvalue weighted by Crippen LogP contribution is 2.18. The number of aliphatic hydroxyl groups excluding tert-OH is 1. The lowest BCUT2D eigenvalue weighted by molar-refractivity contribution is -0.126. The van der Waals surface area contributed by atoms with Gasteiger partial charge in [0.2, 0.25) is 0 Å². The molecular formula is C11H17N3O2. The maximum atomic E-state index is 11.7. The third-order valence-electron chi connectivity index (χ3n) is 2.40. The lowest BCUT2D eigenvalue weighted by atomic mass is 10.1. The Morgan fingerprint density at radius 3 is 2.62 bits per heavy atom. The maximum absolute atomic E-state index is 11.7. The van der Waals surface area contributed by atoms with Gasteiger partial charge in [-0.1, -0.05) is 30.3 Å². The molecule has 0 spiro atoms. The van der Waals surface area contributed by atoms with E-state index in [2.05, 4.69) is 5.43 Å². The number of hydrazine groups is 1. The molecule has 1 atom stereocenters. The highest BCUT2D eigenvalue weighted by molar-refractivity contribution is 5.82. The van der Waals surface area contributed by atoms with Gasteiger partial charge in [-0.05, 0) is 12.6 Å². The molecule has 0 bridgehead atoms. The second kappa shape index (κ2) is 6.22. The molecule has 1 aromatic carbocycles. The fourth-order valence-electron chi connectivity index (χ4n) is 1.61. The van der Waals surface area contributed by atoms with Gasteiger partial charge in [0.15, 0.2) is 0 Å². The number of aliphatic hydroxyl groups is 1. The number of nitrogens with one attached hydrogen (secondary N) is 1. The molecular weight excluding hydrogens is 206 g/mol. The minimum Gasteiger partial charge on any atom is -0.395 e. The van der Waals surface area contributed by atoms with Crippen LogP contribution < -0.4 is 11.3 Å². The van der Waals surface area contributed by atoms with Crippen LogP contribution in [0.4, 0.5) is 0 Å². The Balaban J connectivity index is 2.92. The molecule has 0 radical (unpaired) electrons. The number of likely N-dealkylation sites (N-methyl/N-ethyl adjacent to an activating group) is 1. The zero-order valence-electron chi connectivity index (χ0n) is 9.26. The Bertz CT molecular complexity index is 329. The van der Waals surface area contributed by atoms with Crippen LogP contribution in [0, 0.1) is 0 Å². The first-order chi connectivity index (χ1) is 7.70. The minimum absolute atomic E-state index is 0.00230. The summed E-state index contributed by atoms with van der Waals surface area (Å²) >= 11 is 0. The standard InChI is InChI=1S/C11H17N3O2/c1-14(7-8-15)10(11(16)13-12)9-5-3-2-4-6-9/h2-6,10,15H,7-8,12H2,1H3,(H,13,16). The molecule has 5 nitrogen and oxygen atoms in total. The van der Waals surface area contributed by atoms with E-state index in [0.29, 0.717) is 6.54 Å². The van der Waals surface area contributed by atoms with Crippen LogP contribution in [0.1, 0.15) is 11.6 Å². The lowest BCUT2D eigenvalue weighted by Crippen LogP contribution is -2.42. The first-order valence-corrected chi connectivity index (χ1v) is 5.07. The van der Waals surface area contributed by atoms with Crippen molar-refractivity contribution in [2.45, 2.75) is 6.04 Å². The third kappa shape index (κ3) is 3.03. The molecule has 1 unspecified atom stereocenters. The number of rotatable bonds is 5. The zero-order chi connectivity index (χ0) is 12.0. The van der Waals surface area contributed by atoms with Crippen molar-refractivity contribution >= 4 is 5.91 Å². The summed E-state index contributed by atoms with van der Waals surface area (Å²) in [5.74, 6) is 4.87. The van der Waals surface area contributed by atoms with Crippen molar-refractivity contribution in [1.82, 2.24) is 10.3 Å². The highest BCUT2D eigenvalue weighted by atomic mass is 16.3. The summed E-state index contributed by atoms with van der Waals surface area (Å²) in [5, 5.41) is 8.88. The van der Waals surface area contributed by atoms with E-state index in [9.17, 15) is 4.79 Å². The van der Waals surface area contributed by atoms with Crippen LogP contribution in [0.3, 0.4) is 0 Å². The number of carbonyl (C=O) groups is 1. The molecule has 4 N–H and O–H groups in total. The van der Waals surface area contributed by atoms with Crippen LogP contribution in [0.25, 0.3) is 0 Å². The van der Waals surface area contributed by atoms with E-state index >= 15 is 0 Å². The van der Waals surface area contributed by atoms with E-state index in [1.807, 2.05) is 30.3 Å². The number of hydrogen-bond donors (Lipinski definition) is 3. The molecule has 1 aromatic rings. The van der Waals surface area contributed by atoms with Crippen LogP contribution in [-0.2, 0) is 4.79 Å². The number of amides is 1. The lowest BCUT2D eigenvalue weighted by Gasteiger charge is -2.26. The van der Waals surface area contributed by atoms with Gasteiger partial charge in [-0.15, -0.1) is 0 Å². The molecule has 88 valence electrons. The van der Waals surface area contributed by atoms with Crippen molar-refractivity contribution in [2.75, 3.05) is 20.2 Å². The van der Waals surface area contributed by atoms with Crippen LogP contribution in [0.2, 0.25) is 0 Å². The monoisotopic (exact) mass is 223 g/mol. The van der Waals surface area contributed by atoms with E-state index < -0.39 is 6.04 Å². The van der Waals surface area contributed by atoms with Gasteiger partial charge in [0.05, 0.1) is 6.61 Å². The SMILES string of the molecule is CN(CCO)C(C(=O)NN)c1ccccc1. The van der Waals surface area contributed by atoms with Crippen molar-refractivity contribution in [3.63, 3.8) is 0 Å². The first kappa shape index (κ1) is 12.6. The molecule has 1 rings (SSSR count). The average molecular weight is 223 g/mol. The Morgan fingerprint density at radius 2 is 2.12 bits per heavy atom. The molecule has 0 aliphatic carbocycles. The van der Waals surface area contributed by atoms with Crippen LogP contribution in [-0.4, -0.2) is 36.1 Å². The summed E-state index contributed by atoms with van der Waals surface area (Å²) in [6.45, 7) is 0.407. The Kier molecular flexibility index (Phi) is 4.91. The van der Waals surface area contributed by atoms with Crippen molar-refractivity contribution in [3.8, 4) is 0 Å². The molecule has 0 heterocycles. The van der Waals surface area contributed by atoms with Crippen molar-refractivity contribution in [2.24, 2.45) is 5.84 Å². The van der Waals surface area contributed by atoms with Crippen LogP contribution >= 0.6 is 0 Å². The second-order valence-electron chi connectivity index (χ2n) is 3.53. The number of nitrogens with zero attached hydrogens (tertiary/aromatic N) is 1. The molecule has 1 amide bonds. The average Bonchev–Trinajstić information content (AvgIpc) is 2.31. The van der Waals surface area contributed by atoms with Gasteiger partial charge in [-0.25, -0.2) is 5.84 Å². The highest BCUT2D eigenvalue weighted by Gasteiger charge is 2.23.